The summed E-state index contributed by atoms with van der Waals surface area (Å²) in [5.41, 5.74) is 6.26. The number of fused-ring (bicyclic) bond motifs is 2. The first-order chi connectivity index (χ1) is 14.6. The number of aryl methyl sites for hydroxylation is 2. The minimum atomic E-state index is -0.251. The maximum atomic E-state index is 12.2. The lowest BCUT2D eigenvalue weighted by molar-refractivity contribution is -0.140. The van der Waals surface area contributed by atoms with E-state index in [1.165, 1.54) is 11.1 Å². The predicted molar refractivity (Wildman–Crippen MR) is 116 cm³/mol. The van der Waals surface area contributed by atoms with Crippen molar-refractivity contribution >= 4 is 23.1 Å². The van der Waals surface area contributed by atoms with Gasteiger partial charge in [0.15, 0.2) is 0 Å². The van der Waals surface area contributed by atoms with E-state index in [9.17, 15) is 9.59 Å². The molecule has 0 aromatic heterocycles. The zero-order valence-corrected chi connectivity index (χ0v) is 17.5. The van der Waals surface area contributed by atoms with E-state index in [1.807, 2.05) is 24.3 Å². The van der Waals surface area contributed by atoms with Crippen LogP contribution in [0.15, 0.2) is 60.0 Å². The zero-order chi connectivity index (χ0) is 21.1. The molecule has 0 radical (unpaired) electrons. The molecule has 30 heavy (non-hydrogen) atoms. The van der Waals surface area contributed by atoms with Crippen molar-refractivity contribution < 1.29 is 19.1 Å². The molecule has 0 aliphatic heterocycles. The molecule has 0 fully saturated rings. The van der Waals surface area contributed by atoms with Gasteiger partial charge in [-0.1, -0.05) is 62.4 Å². The highest BCUT2D eigenvalue weighted by Crippen LogP contribution is 2.46. The summed E-state index contributed by atoms with van der Waals surface area (Å²) in [5.74, 6) is 0.826. The van der Waals surface area contributed by atoms with Crippen LogP contribution < -0.4 is 0 Å². The van der Waals surface area contributed by atoms with Crippen LogP contribution in [0.5, 0.6) is 0 Å². The molecular weight excluding hydrogens is 376 g/mol. The van der Waals surface area contributed by atoms with Crippen LogP contribution in [0, 0.1) is 0 Å². The summed E-state index contributed by atoms with van der Waals surface area (Å²) in [6, 6.07) is 16.4. The topological polar surface area (TPSA) is 52.6 Å². The Balaban J connectivity index is 1.98. The molecule has 4 rings (SSSR count). The summed E-state index contributed by atoms with van der Waals surface area (Å²) < 4.78 is 11.6. The Kier molecular flexibility index (Phi) is 5.84. The maximum Gasteiger partial charge on any atom is 0.310 e. The Morgan fingerprint density at radius 2 is 1.07 bits per heavy atom. The second-order valence-corrected chi connectivity index (χ2v) is 7.57. The lowest BCUT2D eigenvalue weighted by atomic mass is 9.78. The smallest absolute Gasteiger partial charge is 0.310 e. The summed E-state index contributed by atoms with van der Waals surface area (Å²) in [6.45, 7) is 3.59. The summed E-state index contributed by atoms with van der Waals surface area (Å²) >= 11 is 0. The molecule has 4 nitrogen and oxygen atoms in total. The summed E-state index contributed by atoms with van der Waals surface area (Å²) in [7, 11) is 0. The van der Waals surface area contributed by atoms with Gasteiger partial charge in [-0.3, -0.25) is 9.59 Å². The Labute approximate surface area is 177 Å². The second-order valence-electron chi connectivity index (χ2n) is 7.57. The third-order valence-electron chi connectivity index (χ3n) is 5.68. The van der Waals surface area contributed by atoms with Crippen LogP contribution in [0.3, 0.4) is 0 Å². The van der Waals surface area contributed by atoms with Crippen LogP contribution >= 0.6 is 0 Å². The van der Waals surface area contributed by atoms with Crippen molar-refractivity contribution in [1.29, 1.82) is 0 Å². The van der Waals surface area contributed by atoms with Crippen molar-refractivity contribution in [2.24, 2.45) is 0 Å². The van der Waals surface area contributed by atoms with Gasteiger partial charge >= 0.3 is 11.9 Å². The van der Waals surface area contributed by atoms with Crippen molar-refractivity contribution in [2.45, 2.75) is 52.4 Å². The van der Waals surface area contributed by atoms with E-state index in [1.54, 1.807) is 13.8 Å². The number of hydrogen-bond acceptors (Lipinski definition) is 4. The molecule has 154 valence electrons. The number of rotatable bonds is 5. The van der Waals surface area contributed by atoms with Crippen molar-refractivity contribution in [2.75, 3.05) is 0 Å². The van der Waals surface area contributed by atoms with E-state index in [2.05, 4.69) is 24.3 Å². The van der Waals surface area contributed by atoms with Gasteiger partial charge in [0.1, 0.15) is 11.5 Å². The van der Waals surface area contributed by atoms with Gasteiger partial charge in [0.25, 0.3) is 0 Å². The number of carbonyl (C=O) groups is 2. The van der Waals surface area contributed by atoms with Gasteiger partial charge in [-0.05, 0) is 35.1 Å². The Bertz CT molecular complexity index is 973. The third kappa shape index (κ3) is 3.82. The molecule has 0 atom stereocenters. The minimum Gasteiger partial charge on any atom is -0.430 e. The van der Waals surface area contributed by atoms with E-state index >= 15 is 0 Å². The van der Waals surface area contributed by atoms with E-state index in [4.69, 9.17) is 9.47 Å². The fourth-order valence-corrected chi connectivity index (χ4v) is 4.18. The number of esters is 2. The quantitative estimate of drug-likeness (QED) is 0.610. The highest BCUT2D eigenvalue weighted by Gasteiger charge is 2.31. The molecule has 4 heteroatoms. The average Bonchev–Trinajstić information content (AvgIpc) is 2.79. The van der Waals surface area contributed by atoms with E-state index in [0.717, 1.165) is 35.1 Å². The van der Waals surface area contributed by atoms with Gasteiger partial charge < -0.3 is 9.47 Å². The standard InChI is InChI=1S/C26H26O4/c1-3-23(27)29-21-15-13-17-9-5-7-11-19(17)25(21)26-20-12-8-6-10-18(20)14-16-22(26)30-24(28)4-2/h5-12H,3-4,13-16H2,1-2H3. The minimum absolute atomic E-state index is 0.251. The molecule has 0 spiro atoms. The van der Waals surface area contributed by atoms with Crippen LogP contribution in [-0.2, 0) is 31.9 Å². The van der Waals surface area contributed by atoms with Crippen molar-refractivity contribution in [3.8, 4) is 0 Å². The van der Waals surface area contributed by atoms with Gasteiger partial charge in [0.05, 0.1) is 0 Å². The van der Waals surface area contributed by atoms with Crippen LogP contribution in [0.4, 0.5) is 0 Å². The van der Waals surface area contributed by atoms with Gasteiger partial charge in [0.2, 0.25) is 0 Å². The molecule has 0 saturated carbocycles. The summed E-state index contributed by atoms with van der Waals surface area (Å²) in [6.07, 6.45) is 3.52. The fourth-order valence-electron chi connectivity index (χ4n) is 4.18. The van der Waals surface area contributed by atoms with Gasteiger partial charge in [0, 0.05) is 36.8 Å². The van der Waals surface area contributed by atoms with E-state index in [-0.39, 0.29) is 11.9 Å². The number of hydrogen-bond donors (Lipinski definition) is 0. The molecule has 2 aliphatic rings. The molecule has 2 aliphatic carbocycles. The van der Waals surface area contributed by atoms with Crippen LogP contribution in [0.1, 0.15) is 61.8 Å². The third-order valence-corrected chi connectivity index (χ3v) is 5.68. The highest BCUT2D eigenvalue weighted by atomic mass is 16.5. The van der Waals surface area contributed by atoms with Crippen LogP contribution in [0.25, 0.3) is 11.1 Å². The highest BCUT2D eigenvalue weighted by molar-refractivity contribution is 6.09. The Hall–Kier alpha value is -3.14. The largest absolute Gasteiger partial charge is 0.430 e. The molecule has 2 aromatic carbocycles. The number of carbonyl (C=O) groups excluding carboxylic acids is 2. The van der Waals surface area contributed by atoms with Gasteiger partial charge in [-0.2, -0.15) is 0 Å². The van der Waals surface area contributed by atoms with Gasteiger partial charge in [-0.15, -0.1) is 0 Å². The van der Waals surface area contributed by atoms with E-state index in [0.29, 0.717) is 37.2 Å². The summed E-state index contributed by atoms with van der Waals surface area (Å²) in [5, 5.41) is 0. The molecule has 2 aromatic rings. The first-order valence-electron chi connectivity index (χ1n) is 10.7. The zero-order valence-electron chi connectivity index (χ0n) is 17.5. The molecular formula is C26H26O4. The molecule has 0 saturated heterocycles. The average molecular weight is 402 g/mol. The monoisotopic (exact) mass is 402 g/mol. The Morgan fingerprint density at radius 1 is 0.667 bits per heavy atom. The SMILES string of the molecule is CCC(=O)OC1=C(C2=C(OC(=O)CC)CCc3ccccc32)c2ccccc2CC1. The second kappa shape index (κ2) is 8.70. The first-order valence-corrected chi connectivity index (χ1v) is 10.7. The van der Waals surface area contributed by atoms with Crippen molar-refractivity contribution in [3.05, 3.63) is 82.3 Å². The van der Waals surface area contributed by atoms with Gasteiger partial charge in [-0.25, -0.2) is 0 Å². The molecule has 0 unspecified atom stereocenters. The molecule has 0 N–H and O–H groups in total. The first kappa shape index (κ1) is 20.1. The molecule has 0 heterocycles. The molecule has 0 bridgehead atoms. The lowest BCUT2D eigenvalue weighted by Gasteiger charge is -2.29. The van der Waals surface area contributed by atoms with Crippen molar-refractivity contribution in [3.63, 3.8) is 0 Å². The number of ether oxygens (including phenoxy) is 2. The fraction of sp³-hybridized carbons (Fsp3) is 0.308. The Morgan fingerprint density at radius 3 is 1.47 bits per heavy atom. The number of benzene rings is 2. The lowest BCUT2D eigenvalue weighted by Crippen LogP contribution is -2.17. The van der Waals surface area contributed by atoms with Crippen molar-refractivity contribution in [1.82, 2.24) is 0 Å². The predicted octanol–water partition coefficient (Wildman–Crippen LogP) is 5.61. The van der Waals surface area contributed by atoms with Crippen LogP contribution in [0.2, 0.25) is 0 Å². The molecule has 0 amide bonds. The normalized spacial score (nSPS) is 15.4. The van der Waals surface area contributed by atoms with Crippen LogP contribution in [-0.4, -0.2) is 11.9 Å². The number of allylic oxidation sites excluding steroid dienone is 4. The summed E-state index contributed by atoms with van der Waals surface area (Å²) in [4.78, 5) is 24.4. The maximum absolute atomic E-state index is 12.2. The van der Waals surface area contributed by atoms with E-state index < -0.39 is 0 Å².